The number of benzene rings is 2. The topological polar surface area (TPSA) is 63.7 Å². The Balaban J connectivity index is 1.70. The Morgan fingerprint density at radius 3 is 2.34 bits per heavy atom. The normalized spacial score (nSPS) is 18.0. The van der Waals surface area contributed by atoms with Crippen LogP contribution in [0.3, 0.4) is 0 Å². The molecule has 29 heavy (non-hydrogen) atoms. The zero-order chi connectivity index (χ0) is 21.0. The molecule has 0 saturated carbocycles. The molecule has 2 aromatic rings. The standard InChI is InChI=1S/C22H26ClNO4S/c1-16(2)18-5-9-21(10-6-18)28-14-22(25)24(20-11-12-29(26,27)15-20)13-17-3-7-19(23)8-4-17/h3-10,16,20H,11-15H2,1-2H3/t20-/m0/s1. The second kappa shape index (κ2) is 9.18. The van der Waals surface area contributed by atoms with E-state index >= 15 is 0 Å². The van der Waals surface area contributed by atoms with Crippen LogP contribution in [0.5, 0.6) is 5.75 Å². The molecule has 7 heteroatoms. The summed E-state index contributed by atoms with van der Waals surface area (Å²) in [5.74, 6) is 0.919. The van der Waals surface area contributed by atoms with Gasteiger partial charge in [-0.25, -0.2) is 8.42 Å². The van der Waals surface area contributed by atoms with Crippen molar-refractivity contribution in [3.63, 3.8) is 0 Å². The molecule has 0 N–H and O–H groups in total. The lowest BCUT2D eigenvalue weighted by molar-refractivity contribution is -0.136. The first kappa shape index (κ1) is 21.7. The van der Waals surface area contributed by atoms with Crippen LogP contribution >= 0.6 is 11.6 Å². The molecule has 1 fully saturated rings. The van der Waals surface area contributed by atoms with Gasteiger partial charge in [0.15, 0.2) is 16.4 Å². The summed E-state index contributed by atoms with van der Waals surface area (Å²) in [7, 11) is -3.11. The maximum absolute atomic E-state index is 12.9. The minimum Gasteiger partial charge on any atom is -0.484 e. The van der Waals surface area contributed by atoms with Gasteiger partial charge in [-0.3, -0.25) is 4.79 Å². The van der Waals surface area contributed by atoms with Gasteiger partial charge in [0.1, 0.15) is 5.75 Å². The van der Waals surface area contributed by atoms with Gasteiger partial charge in [0.25, 0.3) is 5.91 Å². The average molecular weight is 436 g/mol. The Hall–Kier alpha value is -2.05. The molecule has 1 aliphatic heterocycles. The lowest BCUT2D eigenvalue weighted by Crippen LogP contribution is -2.43. The molecule has 3 rings (SSSR count). The predicted molar refractivity (Wildman–Crippen MR) is 115 cm³/mol. The van der Waals surface area contributed by atoms with E-state index in [1.807, 2.05) is 36.4 Å². The third-order valence-electron chi connectivity index (χ3n) is 5.14. The van der Waals surface area contributed by atoms with Crippen molar-refractivity contribution < 1.29 is 17.9 Å². The molecule has 0 spiro atoms. The van der Waals surface area contributed by atoms with Crippen molar-refractivity contribution in [1.82, 2.24) is 4.90 Å². The molecule has 1 amide bonds. The summed E-state index contributed by atoms with van der Waals surface area (Å²) in [4.78, 5) is 14.6. The summed E-state index contributed by atoms with van der Waals surface area (Å²) >= 11 is 5.94. The summed E-state index contributed by atoms with van der Waals surface area (Å²) in [6.07, 6.45) is 0.449. The largest absolute Gasteiger partial charge is 0.484 e. The highest BCUT2D eigenvalue weighted by Gasteiger charge is 2.34. The van der Waals surface area contributed by atoms with Crippen LogP contribution in [0, 0.1) is 0 Å². The molecule has 1 atom stereocenters. The average Bonchev–Trinajstić information content (AvgIpc) is 3.05. The van der Waals surface area contributed by atoms with E-state index in [0.717, 1.165) is 5.56 Å². The van der Waals surface area contributed by atoms with Gasteiger partial charge in [-0.1, -0.05) is 49.7 Å². The molecule has 0 aliphatic carbocycles. The Morgan fingerprint density at radius 2 is 1.79 bits per heavy atom. The Kier molecular flexibility index (Phi) is 6.85. The molecular weight excluding hydrogens is 410 g/mol. The number of halogens is 1. The fourth-order valence-electron chi connectivity index (χ4n) is 3.41. The van der Waals surface area contributed by atoms with E-state index in [2.05, 4.69) is 13.8 Å². The van der Waals surface area contributed by atoms with Gasteiger partial charge >= 0.3 is 0 Å². The molecule has 5 nitrogen and oxygen atoms in total. The minimum absolute atomic E-state index is 0.00455. The van der Waals surface area contributed by atoms with Gasteiger partial charge in [0, 0.05) is 17.6 Å². The van der Waals surface area contributed by atoms with E-state index in [-0.39, 0.29) is 30.1 Å². The van der Waals surface area contributed by atoms with E-state index in [0.29, 0.717) is 29.7 Å². The number of rotatable bonds is 7. The SMILES string of the molecule is CC(C)c1ccc(OCC(=O)N(Cc2ccc(Cl)cc2)[C@H]2CCS(=O)(=O)C2)cc1. The molecule has 1 heterocycles. The molecule has 156 valence electrons. The van der Waals surface area contributed by atoms with Crippen molar-refractivity contribution in [3.05, 3.63) is 64.7 Å². The molecule has 1 saturated heterocycles. The molecule has 1 aliphatic rings. The molecule has 0 bridgehead atoms. The van der Waals surface area contributed by atoms with Crippen LogP contribution < -0.4 is 4.74 Å². The predicted octanol–water partition coefficient (Wildman–Crippen LogP) is 4.06. The first-order chi connectivity index (χ1) is 13.7. The number of amides is 1. The first-order valence-corrected chi connectivity index (χ1v) is 11.9. The quantitative estimate of drug-likeness (QED) is 0.657. The van der Waals surface area contributed by atoms with Gasteiger partial charge in [0.2, 0.25) is 0 Å². The number of sulfone groups is 1. The lowest BCUT2D eigenvalue weighted by atomic mass is 10.0. The molecule has 0 aromatic heterocycles. The van der Waals surface area contributed by atoms with E-state index < -0.39 is 9.84 Å². The lowest BCUT2D eigenvalue weighted by Gasteiger charge is -2.28. The summed E-state index contributed by atoms with van der Waals surface area (Å²) in [5.41, 5.74) is 2.09. The summed E-state index contributed by atoms with van der Waals surface area (Å²) < 4.78 is 29.6. The number of carbonyl (C=O) groups is 1. The van der Waals surface area contributed by atoms with Crippen molar-refractivity contribution in [3.8, 4) is 5.75 Å². The van der Waals surface area contributed by atoms with Gasteiger partial charge < -0.3 is 9.64 Å². The fraction of sp³-hybridized carbons (Fsp3) is 0.409. The molecule has 2 aromatic carbocycles. The third-order valence-corrected chi connectivity index (χ3v) is 7.15. The van der Waals surface area contributed by atoms with Crippen LogP contribution in [0.15, 0.2) is 48.5 Å². The minimum atomic E-state index is -3.11. The van der Waals surface area contributed by atoms with Crippen LogP contribution in [0.25, 0.3) is 0 Å². The van der Waals surface area contributed by atoms with E-state index in [9.17, 15) is 13.2 Å². The maximum atomic E-state index is 12.9. The van der Waals surface area contributed by atoms with E-state index in [1.54, 1.807) is 17.0 Å². The highest BCUT2D eigenvalue weighted by Crippen LogP contribution is 2.22. The third kappa shape index (κ3) is 5.97. The second-order valence-corrected chi connectivity index (χ2v) is 10.4. The van der Waals surface area contributed by atoms with Crippen molar-refractivity contribution in [1.29, 1.82) is 0 Å². The van der Waals surface area contributed by atoms with Crippen LogP contribution in [0.4, 0.5) is 0 Å². The molecule has 0 unspecified atom stereocenters. The second-order valence-electron chi connectivity index (χ2n) is 7.72. The van der Waals surface area contributed by atoms with Gasteiger partial charge in [-0.2, -0.15) is 0 Å². The van der Waals surface area contributed by atoms with Gasteiger partial charge in [-0.05, 0) is 47.7 Å². The van der Waals surface area contributed by atoms with Gasteiger partial charge in [-0.15, -0.1) is 0 Å². The van der Waals surface area contributed by atoms with Crippen LogP contribution in [-0.4, -0.2) is 43.4 Å². The Labute approximate surface area is 177 Å². The van der Waals surface area contributed by atoms with Crippen molar-refractivity contribution in [2.45, 2.75) is 38.8 Å². The van der Waals surface area contributed by atoms with Crippen molar-refractivity contribution in [2.75, 3.05) is 18.1 Å². The number of carbonyl (C=O) groups excluding carboxylic acids is 1. The van der Waals surface area contributed by atoms with Crippen LogP contribution in [-0.2, 0) is 21.2 Å². The number of ether oxygens (including phenoxy) is 1. The number of hydrogen-bond acceptors (Lipinski definition) is 4. The van der Waals surface area contributed by atoms with Crippen LogP contribution in [0.2, 0.25) is 5.02 Å². The van der Waals surface area contributed by atoms with Gasteiger partial charge in [0.05, 0.1) is 11.5 Å². The summed E-state index contributed by atoms with van der Waals surface area (Å²) in [5, 5.41) is 0.614. The molecule has 0 radical (unpaired) electrons. The first-order valence-electron chi connectivity index (χ1n) is 9.70. The summed E-state index contributed by atoms with van der Waals surface area (Å²) in [6, 6.07) is 14.6. The molecular formula is C22H26ClNO4S. The monoisotopic (exact) mass is 435 g/mol. The van der Waals surface area contributed by atoms with E-state index in [4.69, 9.17) is 16.3 Å². The highest BCUT2D eigenvalue weighted by atomic mass is 35.5. The number of nitrogens with zero attached hydrogens (tertiary/aromatic N) is 1. The van der Waals surface area contributed by atoms with Crippen molar-refractivity contribution in [2.24, 2.45) is 0 Å². The zero-order valence-corrected chi connectivity index (χ0v) is 18.2. The fourth-order valence-corrected chi connectivity index (χ4v) is 5.26. The highest BCUT2D eigenvalue weighted by molar-refractivity contribution is 7.91. The van der Waals surface area contributed by atoms with Crippen LogP contribution in [0.1, 0.15) is 37.3 Å². The number of hydrogen-bond donors (Lipinski definition) is 0. The summed E-state index contributed by atoms with van der Waals surface area (Å²) in [6.45, 7) is 4.42. The van der Waals surface area contributed by atoms with Crippen molar-refractivity contribution >= 4 is 27.3 Å². The Morgan fingerprint density at radius 1 is 1.14 bits per heavy atom. The zero-order valence-electron chi connectivity index (χ0n) is 16.7. The Bertz CT molecular complexity index is 940. The smallest absolute Gasteiger partial charge is 0.261 e. The maximum Gasteiger partial charge on any atom is 0.261 e. The van der Waals surface area contributed by atoms with E-state index in [1.165, 1.54) is 5.56 Å².